The van der Waals surface area contributed by atoms with Gasteiger partial charge in [0.15, 0.2) is 4.77 Å². The number of esters is 1. The van der Waals surface area contributed by atoms with Crippen molar-refractivity contribution in [1.29, 1.82) is 0 Å². The number of hydrogen-bond acceptors (Lipinski definition) is 4. The summed E-state index contributed by atoms with van der Waals surface area (Å²) in [6.45, 7) is 2.14. The highest BCUT2D eigenvalue weighted by Crippen LogP contribution is 2.10. The van der Waals surface area contributed by atoms with E-state index in [1.54, 1.807) is 42.1 Å². The lowest BCUT2D eigenvalue weighted by Gasteiger charge is -2.04. The molecule has 2 aromatic rings. The molecule has 0 radical (unpaired) electrons. The predicted molar refractivity (Wildman–Crippen MR) is 64.7 cm³/mol. The van der Waals surface area contributed by atoms with Gasteiger partial charge in [0.1, 0.15) is 6.33 Å². The molecule has 0 bridgehead atoms. The molecule has 0 aliphatic heterocycles. The number of H-pyrrole nitrogens is 1. The van der Waals surface area contributed by atoms with Gasteiger partial charge >= 0.3 is 5.97 Å². The van der Waals surface area contributed by atoms with Gasteiger partial charge in [0.2, 0.25) is 0 Å². The van der Waals surface area contributed by atoms with Gasteiger partial charge < -0.3 is 4.74 Å². The van der Waals surface area contributed by atoms with Crippen LogP contribution in [0.1, 0.15) is 17.3 Å². The molecular weight excluding hydrogens is 238 g/mol. The Kier molecular flexibility index (Phi) is 3.34. The molecule has 0 fully saturated rings. The predicted octanol–water partition coefficient (Wildman–Crippen LogP) is 2.11. The first-order chi connectivity index (χ1) is 8.22. The molecule has 17 heavy (non-hydrogen) atoms. The third-order valence-electron chi connectivity index (χ3n) is 2.21. The summed E-state index contributed by atoms with van der Waals surface area (Å²) in [4.78, 5) is 11.4. The van der Waals surface area contributed by atoms with Crippen molar-refractivity contribution in [3.63, 3.8) is 0 Å². The molecule has 0 saturated heterocycles. The van der Waals surface area contributed by atoms with Crippen molar-refractivity contribution >= 4 is 18.2 Å². The number of nitrogens with one attached hydrogen (secondary N) is 1. The summed E-state index contributed by atoms with van der Waals surface area (Å²) >= 11 is 5.05. The van der Waals surface area contributed by atoms with E-state index in [-0.39, 0.29) is 5.97 Å². The van der Waals surface area contributed by atoms with Crippen LogP contribution in [0.5, 0.6) is 0 Å². The van der Waals surface area contributed by atoms with Crippen LogP contribution in [0, 0.1) is 4.77 Å². The molecule has 1 aromatic heterocycles. The van der Waals surface area contributed by atoms with E-state index in [4.69, 9.17) is 17.0 Å². The quantitative estimate of drug-likeness (QED) is 0.668. The number of carbonyl (C=O) groups excluding carboxylic acids is 1. The van der Waals surface area contributed by atoms with Gasteiger partial charge in [-0.05, 0) is 43.4 Å². The number of aromatic amines is 1. The molecule has 0 aliphatic rings. The summed E-state index contributed by atoms with van der Waals surface area (Å²) in [5.74, 6) is -0.324. The van der Waals surface area contributed by atoms with E-state index in [2.05, 4.69) is 10.2 Å². The van der Waals surface area contributed by atoms with Crippen LogP contribution in [0.25, 0.3) is 5.69 Å². The zero-order chi connectivity index (χ0) is 12.3. The number of ether oxygens (including phenoxy) is 1. The summed E-state index contributed by atoms with van der Waals surface area (Å²) < 4.78 is 7.12. The van der Waals surface area contributed by atoms with Crippen LogP contribution >= 0.6 is 12.2 Å². The van der Waals surface area contributed by atoms with E-state index in [0.717, 1.165) is 5.69 Å². The minimum absolute atomic E-state index is 0.324. The highest BCUT2D eigenvalue weighted by Gasteiger charge is 2.06. The van der Waals surface area contributed by atoms with Crippen molar-refractivity contribution in [1.82, 2.24) is 14.8 Å². The van der Waals surface area contributed by atoms with Crippen LogP contribution in [-0.2, 0) is 4.74 Å². The van der Waals surface area contributed by atoms with E-state index >= 15 is 0 Å². The fourth-order valence-electron chi connectivity index (χ4n) is 1.40. The van der Waals surface area contributed by atoms with Crippen LogP contribution in [-0.4, -0.2) is 27.3 Å². The van der Waals surface area contributed by atoms with Gasteiger partial charge in [0, 0.05) is 5.69 Å². The zero-order valence-corrected chi connectivity index (χ0v) is 10.0. The van der Waals surface area contributed by atoms with Crippen LogP contribution in [0.15, 0.2) is 30.6 Å². The molecule has 0 atom stereocenters. The molecule has 0 amide bonds. The van der Waals surface area contributed by atoms with E-state index in [9.17, 15) is 4.79 Å². The minimum Gasteiger partial charge on any atom is -0.462 e. The lowest BCUT2D eigenvalue weighted by atomic mass is 10.2. The first kappa shape index (κ1) is 11.5. The molecule has 0 saturated carbocycles. The Morgan fingerprint density at radius 3 is 2.71 bits per heavy atom. The molecule has 0 spiro atoms. The van der Waals surface area contributed by atoms with Crippen molar-refractivity contribution < 1.29 is 9.53 Å². The van der Waals surface area contributed by atoms with Crippen LogP contribution in [0.3, 0.4) is 0 Å². The van der Waals surface area contributed by atoms with Gasteiger partial charge in [-0.1, -0.05) is 0 Å². The molecule has 1 heterocycles. The Morgan fingerprint density at radius 2 is 2.18 bits per heavy atom. The molecule has 1 aromatic carbocycles. The summed E-state index contributed by atoms with van der Waals surface area (Å²) in [6.07, 6.45) is 1.59. The standard InChI is InChI=1S/C11H11N3O2S/c1-2-16-10(15)8-3-5-9(6-4-8)14-7-12-13-11(14)17/h3-7H,2H2,1H3,(H,13,17). The summed E-state index contributed by atoms with van der Waals surface area (Å²) in [6, 6.07) is 6.97. The van der Waals surface area contributed by atoms with E-state index in [1.807, 2.05) is 0 Å². The lowest BCUT2D eigenvalue weighted by molar-refractivity contribution is 0.0526. The van der Waals surface area contributed by atoms with Gasteiger partial charge in [0.05, 0.1) is 12.2 Å². The second-order valence-corrected chi connectivity index (χ2v) is 3.69. The molecule has 6 heteroatoms. The number of rotatable bonds is 3. The third-order valence-corrected chi connectivity index (χ3v) is 2.50. The second-order valence-electron chi connectivity index (χ2n) is 3.30. The average molecular weight is 249 g/mol. The highest BCUT2D eigenvalue weighted by atomic mass is 32.1. The molecular formula is C11H11N3O2S. The largest absolute Gasteiger partial charge is 0.462 e. The molecule has 5 nitrogen and oxygen atoms in total. The smallest absolute Gasteiger partial charge is 0.338 e. The SMILES string of the molecule is CCOC(=O)c1ccc(-n2cn[nH]c2=S)cc1. The van der Waals surface area contributed by atoms with Crippen LogP contribution in [0.2, 0.25) is 0 Å². The minimum atomic E-state index is -0.324. The van der Waals surface area contributed by atoms with Gasteiger partial charge in [-0.2, -0.15) is 5.10 Å². The van der Waals surface area contributed by atoms with Crippen molar-refractivity contribution in [3.05, 3.63) is 40.9 Å². The topological polar surface area (TPSA) is 59.9 Å². The van der Waals surface area contributed by atoms with Crippen LogP contribution in [0.4, 0.5) is 0 Å². The number of carbonyl (C=O) groups is 1. The van der Waals surface area contributed by atoms with E-state index < -0.39 is 0 Å². The average Bonchev–Trinajstić information content (AvgIpc) is 2.76. The maximum absolute atomic E-state index is 11.4. The normalized spacial score (nSPS) is 10.2. The van der Waals surface area contributed by atoms with E-state index in [0.29, 0.717) is 16.9 Å². The monoisotopic (exact) mass is 249 g/mol. The molecule has 1 N–H and O–H groups in total. The number of nitrogens with zero attached hydrogens (tertiary/aromatic N) is 2. The summed E-state index contributed by atoms with van der Waals surface area (Å²) in [7, 11) is 0. The maximum atomic E-state index is 11.4. The fourth-order valence-corrected chi connectivity index (χ4v) is 1.61. The number of hydrogen-bond donors (Lipinski definition) is 1. The number of benzene rings is 1. The lowest BCUT2D eigenvalue weighted by Crippen LogP contribution is -2.04. The zero-order valence-electron chi connectivity index (χ0n) is 9.21. The Balaban J connectivity index is 2.28. The molecule has 0 aliphatic carbocycles. The maximum Gasteiger partial charge on any atom is 0.338 e. The first-order valence-corrected chi connectivity index (χ1v) is 5.52. The van der Waals surface area contributed by atoms with Crippen LogP contribution < -0.4 is 0 Å². The summed E-state index contributed by atoms with van der Waals surface area (Å²) in [5.41, 5.74) is 1.36. The molecule has 0 unspecified atom stereocenters. The number of aromatic nitrogens is 3. The van der Waals surface area contributed by atoms with Gasteiger partial charge in [0.25, 0.3) is 0 Å². The van der Waals surface area contributed by atoms with Gasteiger partial charge in [-0.15, -0.1) is 0 Å². The van der Waals surface area contributed by atoms with Gasteiger partial charge in [-0.25, -0.2) is 4.79 Å². The molecule has 2 rings (SSSR count). The second kappa shape index (κ2) is 4.92. The van der Waals surface area contributed by atoms with Crippen molar-refractivity contribution in [2.24, 2.45) is 0 Å². The van der Waals surface area contributed by atoms with E-state index in [1.165, 1.54) is 0 Å². The Morgan fingerprint density at radius 1 is 1.47 bits per heavy atom. The highest BCUT2D eigenvalue weighted by molar-refractivity contribution is 7.71. The fraction of sp³-hybridized carbons (Fsp3) is 0.182. The van der Waals surface area contributed by atoms with Gasteiger partial charge in [-0.3, -0.25) is 9.67 Å². The summed E-state index contributed by atoms with van der Waals surface area (Å²) in [5, 5.41) is 6.49. The Labute approximate surface area is 103 Å². The Bertz CT molecular complexity index is 571. The Hall–Kier alpha value is -1.95. The molecule has 88 valence electrons. The third kappa shape index (κ3) is 2.42. The van der Waals surface area contributed by atoms with Crippen molar-refractivity contribution in [2.75, 3.05) is 6.61 Å². The van der Waals surface area contributed by atoms with Crippen molar-refractivity contribution in [3.8, 4) is 5.69 Å². The first-order valence-electron chi connectivity index (χ1n) is 5.12. The van der Waals surface area contributed by atoms with Crippen molar-refractivity contribution in [2.45, 2.75) is 6.92 Å².